The number of nitrogens with two attached hydrogens (primary N) is 2. The number of sulfonamides is 2. The lowest BCUT2D eigenvalue weighted by Gasteiger charge is -2.06. The Morgan fingerprint density at radius 3 is 1.32 bits per heavy atom. The van der Waals surface area contributed by atoms with Gasteiger partial charge in [0.2, 0.25) is 0 Å². The van der Waals surface area contributed by atoms with Crippen LogP contribution in [0.3, 0.4) is 0 Å². The highest BCUT2D eigenvalue weighted by Crippen LogP contribution is 2.27. The highest BCUT2D eigenvalue weighted by Gasteiger charge is 2.20. The van der Waals surface area contributed by atoms with Gasteiger partial charge in [0, 0.05) is 22.5 Å². The number of anilines is 4. The van der Waals surface area contributed by atoms with Crippen molar-refractivity contribution in [3.05, 3.63) is 154 Å². The van der Waals surface area contributed by atoms with Crippen molar-refractivity contribution >= 4 is 87.6 Å². The average Bonchev–Trinajstić information content (AvgIpc) is 3.75. The first kappa shape index (κ1) is 41.9. The largest absolute Gasteiger partial charge is 0.478 e. The van der Waals surface area contributed by atoms with Crippen LogP contribution in [-0.2, 0) is 20.0 Å². The van der Waals surface area contributed by atoms with Gasteiger partial charge in [-0.25, -0.2) is 35.2 Å². The summed E-state index contributed by atoms with van der Waals surface area (Å²) >= 11 is 7.62. The summed E-state index contributed by atoms with van der Waals surface area (Å²) in [5.74, 6) is -3.62. The molecule has 0 atom stereocenters. The zero-order chi connectivity index (χ0) is 39.2. The lowest BCUT2D eigenvalue weighted by atomic mass is 10.3. The van der Waals surface area contributed by atoms with Crippen LogP contribution in [0, 0.1) is 11.6 Å². The van der Waals surface area contributed by atoms with Crippen molar-refractivity contribution in [2.45, 2.75) is 9.79 Å². The summed E-state index contributed by atoms with van der Waals surface area (Å²) in [5, 5.41) is 21.7. The van der Waals surface area contributed by atoms with Gasteiger partial charge in [0.15, 0.2) is 0 Å². The maximum absolute atomic E-state index is 12.1. The summed E-state index contributed by atoms with van der Waals surface area (Å²) < 4.78 is 76.7. The fourth-order valence-electron chi connectivity index (χ4n) is 3.76. The molecular weight excluding hydrogens is 794 g/mol. The van der Waals surface area contributed by atoms with Crippen LogP contribution in [-0.4, -0.2) is 39.0 Å². The number of carboxylic acid groups (broad SMARTS) is 2. The number of carboxylic acids is 2. The first-order chi connectivity index (χ1) is 25.0. The number of rotatable bonds is 8. The summed E-state index contributed by atoms with van der Waals surface area (Å²) in [7, 11) is -7.48. The maximum atomic E-state index is 12.1. The van der Waals surface area contributed by atoms with Crippen LogP contribution in [0.4, 0.5) is 30.2 Å². The number of hydrogen-bond donors (Lipinski definition) is 6. The smallest absolute Gasteiger partial charge is 0.338 e. The molecule has 6 aromatic rings. The van der Waals surface area contributed by atoms with Gasteiger partial charge in [0.05, 0.1) is 20.9 Å². The van der Waals surface area contributed by atoms with E-state index in [-0.39, 0.29) is 36.6 Å². The zero-order valence-electron chi connectivity index (χ0n) is 26.9. The normalized spacial score (nSPS) is 10.5. The van der Waals surface area contributed by atoms with Crippen molar-refractivity contribution in [2.24, 2.45) is 0 Å². The van der Waals surface area contributed by atoms with E-state index >= 15 is 0 Å². The number of thiophene rings is 2. The molecule has 19 heteroatoms. The van der Waals surface area contributed by atoms with Gasteiger partial charge in [0.1, 0.15) is 21.6 Å². The lowest BCUT2D eigenvalue weighted by Crippen LogP contribution is -2.13. The second-order valence-electron chi connectivity index (χ2n) is 10.0. The van der Waals surface area contributed by atoms with Crippen LogP contribution in [0.2, 0.25) is 5.02 Å². The van der Waals surface area contributed by atoms with Crippen LogP contribution in [0.1, 0.15) is 20.7 Å². The summed E-state index contributed by atoms with van der Waals surface area (Å²) in [4.78, 5) is 21.9. The molecule has 53 heavy (non-hydrogen) atoms. The van der Waals surface area contributed by atoms with Crippen LogP contribution in [0.5, 0.6) is 0 Å². The van der Waals surface area contributed by atoms with E-state index < -0.39 is 43.6 Å². The summed E-state index contributed by atoms with van der Waals surface area (Å²) in [6.07, 6.45) is 0. The summed E-state index contributed by atoms with van der Waals surface area (Å²) in [6, 6.07) is 28.3. The van der Waals surface area contributed by atoms with Crippen molar-refractivity contribution < 1.29 is 45.4 Å². The molecule has 278 valence electrons. The minimum absolute atomic E-state index is 0.0560. The molecule has 2 aromatic heterocycles. The molecule has 6 rings (SSSR count). The van der Waals surface area contributed by atoms with E-state index in [4.69, 9.17) is 33.3 Å². The first-order valence-electron chi connectivity index (χ1n) is 14.5. The molecule has 0 aliphatic rings. The molecular formula is C34H29ClF2N4O8S4. The van der Waals surface area contributed by atoms with Crippen LogP contribution < -0.4 is 20.9 Å². The Bertz CT molecular complexity index is 2170. The Morgan fingerprint density at radius 2 is 1.00 bits per heavy atom. The lowest BCUT2D eigenvalue weighted by molar-refractivity contribution is 0.0687. The molecule has 0 spiro atoms. The van der Waals surface area contributed by atoms with E-state index in [1.807, 2.05) is 6.07 Å². The SMILES string of the molecule is Nc1cc(F)cc(F)c1.Nc1cccc(Cl)c1.O=C(O)c1ccsc1NS(=O)(=O)c1ccccc1.O=C(O)c1ccsc1NS(=O)(=O)c1ccccc1. The van der Waals surface area contributed by atoms with Gasteiger partial charge in [-0.3, -0.25) is 9.44 Å². The Morgan fingerprint density at radius 1 is 0.585 bits per heavy atom. The quantitative estimate of drug-likeness (QED) is 0.0814. The second kappa shape index (κ2) is 19.3. The van der Waals surface area contributed by atoms with E-state index in [9.17, 15) is 35.2 Å². The first-order valence-corrected chi connectivity index (χ1v) is 19.6. The molecule has 0 radical (unpaired) electrons. The highest BCUT2D eigenvalue weighted by atomic mass is 35.5. The van der Waals surface area contributed by atoms with Crippen LogP contribution in [0.15, 0.2) is 136 Å². The van der Waals surface area contributed by atoms with Gasteiger partial charge in [-0.05, 0) is 77.5 Å². The van der Waals surface area contributed by atoms with Crippen LogP contribution in [0.25, 0.3) is 0 Å². The number of nitrogens with one attached hydrogen (secondary N) is 2. The molecule has 0 aliphatic heterocycles. The van der Waals surface area contributed by atoms with E-state index in [1.165, 1.54) is 47.2 Å². The molecule has 8 N–H and O–H groups in total. The molecule has 0 fully saturated rings. The molecule has 0 bridgehead atoms. The monoisotopic (exact) mass is 822 g/mol. The zero-order valence-corrected chi connectivity index (χ0v) is 30.9. The number of benzene rings is 4. The van der Waals surface area contributed by atoms with Gasteiger partial charge >= 0.3 is 11.9 Å². The van der Waals surface area contributed by atoms with E-state index in [2.05, 4.69) is 9.44 Å². The van der Waals surface area contributed by atoms with Crippen molar-refractivity contribution in [1.29, 1.82) is 0 Å². The molecule has 0 aliphatic carbocycles. The molecule has 0 saturated heterocycles. The fraction of sp³-hybridized carbons (Fsp3) is 0. The van der Waals surface area contributed by atoms with Gasteiger partial charge in [-0.15, -0.1) is 22.7 Å². The molecule has 2 heterocycles. The van der Waals surface area contributed by atoms with Crippen LogP contribution >= 0.6 is 34.3 Å². The average molecular weight is 823 g/mol. The van der Waals surface area contributed by atoms with Crippen molar-refractivity contribution in [2.75, 3.05) is 20.9 Å². The summed E-state index contributed by atoms with van der Waals surface area (Å²) in [6.45, 7) is 0. The second-order valence-corrected chi connectivity index (χ2v) is 15.7. The maximum Gasteiger partial charge on any atom is 0.338 e. The minimum Gasteiger partial charge on any atom is -0.478 e. The van der Waals surface area contributed by atoms with E-state index in [1.54, 1.807) is 54.6 Å². The number of nitrogen functional groups attached to an aromatic ring is 2. The van der Waals surface area contributed by atoms with Gasteiger partial charge < -0.3 is 21.7 Å². The number of hydrogen-bond acceptors (Lipinski definition) is 10. The van der Waals surface area contributed by atoms with Crippen molar-refractivity contribution in [3.8, 4) is 0 Å². The Hall–Kier alpha value is -5.53. The van der Waals surface area contributed by atoms with Gasteiger partial charge in [0.25, 0.3) is 20.0 Å². The topological polar surface area (TPSA) is 219 Å². The van der Waals surface area contributed by atoms with Crippen molar-refractivity contribution in [3.63, 3.8) is 0 Å². The van der Waals surface area contributed by atoms with Gasteiger partial charge in [-0.1, -0.05) is 54.1 Å². The minimum atomic E-state index is -3.74. The number of carbonyl (C=O) groups is 2. The molecule has 0 amide bonds. The number of halogens is 3. The summed E-state index contributed by atoms with van der Waals surface area (Å²) in [5.41, 5.74) is 11.2. The third kappa shape index (κ3) is 13.5. The third-order valence-electron chi connectivity index (χ3n) is 6.09. The molecule has 12 nitrogen and oxygen atoms in total. The Labute approximate surface area is 316 Å². The number of aromatic carboxylic acids is 2. The predicted molar refractivity (Wildman–Crippen MR) is 204 cm³/mol. The van der Waals surface area contributed by atoms with E-state index in [0.29, 0.717) is 10.7 Å². The highest BCUT2D eigenvalue weighted by molar-refractivity contribution is 7.93. The fourth-order valence-corrected chi connectivity index (χ4v) is 8.22. The molecule has 0 saturated carbocycles. The molecule has 4 aromatic carbocycles. The Kier molecular flexibility index (Phi) is 15.3. The van der Waals surface area contributed by atoms with Gasteiger partial charge in [-0.2, -0.15) is 0 Å². The van der Waals surface area contributed by atoms with E-state index in [0.717, 1.165) is 40.9 Å². The van der Waals surface area contributed by atoms with Crippen molar-refractivity contribution in [1.82, 2.24) is 0 Å². The Balaban J connectivity index is 0.000000202. The molecule has 0 unspecified atom stereocenters. The third-order valence-corrected chi connectivity index (χ3v) is 11.0. The standard InChI is InChI=1S/2C11H9NO4S2.C6H6ClN.C6H5F2N/c2*13-11(14)9-6-7-17-10(9)12-18(15,16)8-4-2-1-3-5-8;7-5-2-1-3-6(8)4-5;7-4-1-5(8)3-6(9)2-4/h2*1-7,12H,(H,13,14);1-4H,8H2;1-3H,9H2. The predicted octanol–water partition coefficient (Wildman–Crippen LogP) is 7.96.